The molecule has 0 aromatic heterocycles. The van der Waals surface area contributed by atoms with Crippen molar-refractivity contribution in [2.75, 3.05) is 13.1 Å². The second-order valence-electron chi connectivity index (χ2n) is 10.4. The average molecular weight is 450 g/mol. The molecule has 192 valence electrons. The zero-order valence-corrected chi connectivity index (χ0v) is 23.0. The van der Waals surface area contributed by atoms with Gasteiger partial charge in [-0.25, -0.2) is 0 Å². The third kappa shape index (κ3) is 22.7. The van der Waals surface area contributed by atoms with Gasteiger partial charge in [-0.05, 0) is 25.7 Å². The summed E-state index contributed by atoms with van der Waals surface area (Å²) in [6.45, 7) is 13.9. The molecule has 0 bridgehead atoms. The molecule has 0 heterocycles. The summed E-state index contributed by atoms with van der Waals surface area (Å²) in [5.74, 6) is 0. The fourth-order valence-electron chi connectivity index (χ4n) is 4.75. The van der Waals surface area contributed by atoms with Crippen molar-refractivity contribution < 1.29 is 0 Å². The highest BCUT2D eigenvalue weighted by Crippen LogP contribution is 2.18. The third-order valence-electron chi connectivity index (χ3n) is 7.08. The Hall–Kier alpha value is -0.460. The van der Waals surface area contributed by atoms with E-state index in [0.717, 1.165) is 0 Å². The normalized spacial score (nSPS) is 11.2. The molecule has 32 heavy (non-hydrogen) atoms. The van der Waals surface area contributed by atoms with Crippen LogP contribution in [0.5, 0.6) is 0 Å². The summed E-state index contributed by atoms with van der Waals surface area (Å²) in [5, 5.41) is 0. The summed E-state index contributed by atoms with van der Waals surface area (Å²) in [7, 11) is 0. The van der Waals surface area contributed by atoms with E-state index in [2.05, 4.69) is 32.3 Å². The zero-order chi connectivity index (χ0) is 23.5. The van der Waals surface area contributed by atoms with E-state index in [0.29, 0.717) is 0 Å². The van der Waals surface area contributed by atoms with Gasteiger partial charge in [-0.15, -0.1) is 0 Å². The lowest BCUT2D eigenvalue weighted by Gasteiger charge is -2.27. The van der Waals surface area contributed by atoms with Gasteiger partial charge in [0, 0.05) is 18.8 Å². The predicted octanol–water partition coefficient (Wildman–Crippen LogP) is 11.2. The average Bonchev–Trinajstić information content (AvgIpc) is 2.80. The maximum Gasteiger partial charge on any atom is 0.0174 e. The first-order valence-electron chi connectivity index (χ1n) is 15.2. The van der Waals surface area contributed by atoms with E-state index >= 15 is 0 Å². The Bertz CT molecular complexity index is 341. The molecule has 0 rings (SSSR count). The second-order valence-corrected chi connectivity index (χ2v) is 10.4. The van der Waals surface area contributed by atoms with Gasteiger partial charge in [0.2, 0.25) is 0 Å². The van der Waals surface area contributed by atoms with Crippen molar-refractivity contribution in [2.45, 2.75) is 175 Å². The Morgan fingerprint density at radius 1 is 0.406 bits per heavy atom. The molecule has 0 aliphatic heterocycles. The summed E-state index contributed by atoms with van der Waals surface area (Å²) < 4.78 is 0. The number of unbranched alkanes of at least 4 members (excludes halogenated alkanes) is 20. The molecular formula is C31H63N. The molecule has 0 aromatic carbocycles. The van der Waals surface area contributed by atoms with Crippen LogP contribution in [0, 0.1) is 0 Å². The molecule has 1 heteroatoms. The fourth-order valence-corrected chi connectivity index (χ4v) is 4.75. The minimum atomic E-state index is 1.22. The van der Waals surface area contributed by atoms with Gasteiger partial charge >= 0.3 is 0 Å². The van der Waals surface area contributed by atoms with E-state index in [1.807, 2.05) is 0 Å². The van der Waals surface area contributed by atoms with Crippen LogP contribution in [0.1, 0.15) is 175 Å². The lowest BCUT2D eigenvalue weighted by molar-refractivity contribution is 0.311. The van der Waals surface area contributed by atoms with E-state index < -0.39 is 0 Å². The first-order chi connectivity index (χ1) is 15.8. The Labute approximate surface area is 205 Å². The van der Waals surface area contributed by atoms with Crippen molar-refractivity contribution in [3.8, 4) is 0 Å². The van der Waals surface area contributed by atoms with Crippen LogP contribution in [0.2, 0.25) is 0 Å². The number of rotatable bonds is 27. The minimum Gasteiger partial charge on any atom is -0.375 e. The lowest BCUT2D eigenvalue weighted by Crippen LogP contribution is -2.25. The summed E-state index contributed by atoms with van der Waals surface area (Å²) >= 11 is 0. The largest absolute Gasteiger partial charge is 0.375 e. The van der Waals surface area contributed by atoms with Gasteiger partial charge < -0.3 is 4.90 Å². The van der Waals surface area contributed by atoms with E-state index in [1.54, 1.807) is 0 Å². The van der Waals surface area contributed by atoms with Crippen molar-refractivity contribution in [1.82, 2.24) is 4.90 Å². The van der Waals surface area contributed by atoms with Crippen LogP contribution in [-0.2, 0) is 0 Å². The molecule has 0 saturated heterocycles. The summed E-state index contributed by atoms with van der Waals surface area (Å²) in [6.07, 6.45) is 33.6. The number of hydrogen-bond acceptors (Lipinski definition) is 1. The Balaban J connectivity index is 4.04. The van der Waals surface area contributed by atoms with Crippen LogP contribution in [-0.4, -0.2) is 18.0 Å². The predicted molar refractivity (Wildman–Crippen MR) is 149 cm³/mol. The second kappa shape index (κ2) is 26.8. The Kier molecular flexibility index (Phi) is 26.4. The fraction of sp³-hybridized carbons (Fsp3) is 0.935. The molecule has 0 unspecified atom stereocenters. The van der Waals surface area contributed by atoms with Gasteiger partial charge in [0.25, 0.3) is 0 Å². The summed E-state index contributed by atoms with van der Waals surface area (Å²) in [5.41, 5.74) is 1.43. The number of allylic oxidation sites excluding steroid dienone is 1. The van der Waals surface area contributed by atoms with Crippen LogP contribution in [0.4, 0.5) is 0 Å². The molecule has 0 N–H and O–H groups in total. The van der Waals surface area contributed by atoms with E-state index in [4.69, 9.17) is 0 Å². The van der Waals surface area contributed by atoms with E-state index in [9.17, 15) is 0 Å². The van der Waals surface area contributed by atoms with E-state index in [1.165, 1.54) is 173 Å². The quantitative estimate of drug-likeness (QED) is 0.113. The SMILES string of the molecule is C=C(CCCCCCCCC)N(CCCCCCCCCC)CCCCCCCCCC. The molecular weight excluding hydrogens is 386 g/mol. The lowest BCUT2D eigenvalue weighted by atomic mass is 10.1. The molecule has 1 nitrogen and oxygen atoms in total. The summed E-state index contributed by atoms with van der Waals surface area (Å²) in [6, 6.07) is 0. The third-order valence-corrected chi connectivity index (χ3v) is 7.08. The Morgan fingerprint density at radius 3 is 1.03 bits per heavy atom. The topological polar surface area (TPSA) is 3.24 Å². The highest BCUT2D eigenvalue weighted by Gasteiger charge is 2.08. The minimum absolute atomic E-state index is 1.22. The summed E-state index contributed by atoms with van der Waals surface area (Å²) in [4.78, 5) is 2.67. The maximum absolute atomic E-state index is 4.53. The monoisotopic (exact) mass is 449 g/mol. The van der Waals surface area contributed by atoms with Gasteiger partial charge in [0.05, 0.1) is 0 Å². The molecule has 0 radical (unpaired) electrons. The first kappa shape index (κ1) is 31.5. The van der Waals surface area contributed by atoms with Crippen molar-refractivity contribution >= 4 is 0 Å². The van der Waals surface area contributed by atoms with Crippen LogP contribution in [0.15, 0.2) is 12.3 Å². The standard InChI is InChI=1S/C31H63N/c1-5-8-11-14-17-20-23-26-29-32(30-27-24-21-18-15-12-9-6-2)31(4)28-25-22-19-16-13-10-7-3/h4-30H2,1-3H3. The smallest absolute Gasteiger partial charge is 0.0174 e. The van der Waals surface area contributed by atoms with Gasteiger partial charge in [-0.2, -0.15) is 0 Å². The van der Waals surface area contributed by atoms with Crippen molar-refractivity contribution in [2.24, 2.45) is 0 Å². The van der Waals surface area contributed by atoms with Gasteiger partial charge in [0.1, 0.15) is 0 Å². The van der Waals surface area contributed by atoms with Gasteiger partial charge in [-0.1, -0.05) is 156 Å². The number of hydrogen-bond donors (Lipinski definition) is 0. The molecule has 0 saturated carbocycles. The molecule has 0 aliphatic carbocycles. The first-order valence-corrected chi connectivity index (χ1v) is 15.2. The molecule has 0 aromatic rings. The Morgan fingerprint density at radius 2 is 0.688 bits per heavy atom. The van der Waals surface area contributed by atoms with Crippen molar-refractivity contribution in [3.05, 3.63) is 12.3 Å². The molecule has 0 fully saturated rings. The van der Waals surface area contributed by atoms with Gasteiger partial charge in [0.15, 0.2) is 0 Å². The maximum atomic E-state index is 4.53. The zero-order valence-electron chi connectivity index (χ0n) is 23.0. The molecule has 0 spiro atoms. The van der Waals surface area contributed by atoms with Crippen LogP contribution in [0.25, 0.3) is 0 Å². The van der Waals surface area contributed by atoms with E-state index in [-0.39, 0.29) is 0 Å². The number of nitrogens with zero attached hydrogens (tertiary/aromatic N) is 1. The van der Waals surface area contributed by atoms with Crippen molar-refractivity contribution in [1.29, 1.82) is 0 Å². The van der Waals surface area contributed by atoms with Crippen LogP contribution >= 0.6 is 0 Å². The van der Waals surface area contributed by atoms with Crippen LogP contribution < -0.4 is 0 Å². The van der Waals surface area contributed by atoms with Crippen molar-refractivity contribution in [3.63, 3.8) is 0 Å². The molecule has 0 aliphatic rings. The molecule has 0 amide bonds. The highest BCUT2D eigenvalue weighted by molar-refractivity contribution is 4.93. The molecule has 0 atom stereocenters. The highest BCUT2D eigenvalue weighted by atomic mass is 15.1. The van der Waals surface area contributed by atoms with Crippen LogP contribution in [0.3, 0.4) is 0 Å². The van der Waals surface area contributed by atoms with Gasteiger partial charge in [-0.3, -0.25) is 0 Å².